The van der Waals surface area contributed by atoms with Gasteiger partial charge in [0.2, 0.25) is 6.79 Å². The highest BCUT2D eigenvalue weighted by atomic mass is 32.2. The number of ether oxygens (including phenoxy) is 2. The molecular formula is C13H17NO3S. The van der Waals surface area contributed by atoms with Crippen molar-refractivity contribution in [3.8, 4) is 11.5 Å². The fourth-order valence-electron chi connectivity index (χ4n) is 1.44. The van der Waals surface area contributed by atoms with E-state index < -0.39 is 11.0 Å². The Morgan fingerprint density at radius 1 is 1.28 bits per heavy atom. The Bertz CT molecular complexity index is 517. The van der Waals surface area contributed by atoms with E-state index in [-0.39, 0.29) is 11.5 Å². The molecule has 0 aliphatic carbocycles. The number of hydrogen-bond acceptors (Lipinski definition) is 3. The van der Waals surface area contributed by atoms with Gasteiger partial charge in [0.25, 0.3) is 0 Å². The maximum absolute atomic E-state index is 11.9. The van der Waals surface area contributed by atoms with Gasteiger partial charge in [-0.1, -0.05) is 0 Å². The van der Waals surface area contributed by atoms with E-state index in [4.69, 9.17) is 9.47 Å². The summed E-state index contributed by atoms with van der Waals surface area (Å²) in [6, 6.07) is 5.60. The minimum absolute atomic E-state index is 0.253. The zero-order valence-electron chi connectivity index (χ0n) is 11.0. The molecule has 4 nitrogen and oxygen atoms in total. The maximum Gasteiger partial charge on any atom is 0.231 e. The second-order valence-corrected chi connectivity index (χ2v) is 7.01. The first-order chi connectivity index (χ1) is 8.38. The summed E-state index contributed by atoms with van der Waals surface area (Å²) in [5, 5.41) is 0. The molecule has 98 valence electrons. The molecule has 1 aliphatic heterocycles. The number of hydrogen-bond donors (Lipinski definition) is 0. The van der Waals surface area contributed by atoms with Gasteiger partial charge < -0.3 is 9.47 Å². The Labute approximate surface area is 110 Å². The predicted octanol–water partition coefficient (Wildman–Crippen LogP) is 2.69. The van der Waals surface area contributed by atoms with Gasteiger partial charge in [0.1, 0.15) is 11.0 Å². The van der Waals surface area contributed by atoms with E-state index in [9.17, 15) is 4.21 Å². The summed E-state index contributed by atoms with van der Waals surface area (Å²) in [6.45, 7) is 7.81. The lowest BCUT2D eigenvalue weighted by atomic mass is 10.1. The third kappa shape index (κ3) is 2.72. The summed E-state index contributed by atoms with van der Waals surface area (Å²) in [4.78, 5) is 0. The Morgan fingerprint density at radius 2 is 1.94 bits per heavy atom. The van der Waals surface area contributed by atoms with Gasteiger partial charge in [0.15, 0.2) is 11.5 Å². The molecule has 5 heteroatoms. The van der Waals surface area contributed by atoms with Crippen molar-refractivity contribution in [2.45, 2.75) is 32.4 Å². The first kappa shape index (κ1) is 13.1. The topological polar surface area (TPSA) is 47.9 Å². The average Bonchev–Trinajstić information content (AvgIpc) is 2.74. The zero-order chi connectivity index (χ0) is 13.3. The van der Waals surface area contributed by atoms with Crippen molar-refractivity contribution in [2.75, 3.05) is 6.79 Å². The molecule has 0 aromatic heterocycles. The monoisotopic (exact) mass is 267 g/mol. The highest BCUT2D eigenvalue weighted by Gasteiger charge is 2.20. The van der Waals surface area contributed by atoms with Crippen molar-refractivity contribution < 1.29 is 13.7 Å². The second kappa shape index (κ2) is 4.72. The Balaban J connectivity index is 2.27. The van der Waals surface area contributed by atoms with Crippen molar-refractivity contribution in [3.05, 3.63) is 23.8 Å². The van der Waals surface area contributed by atoms with Crippen LogP contribution < -0.4 is 9.47 Å². The Kier molecular flexibility index (Phi) is 3.43. The molecule has 0 saturated heterocycles. The van der Waals surface area contributed by atoms with E-state index in [1.807, 2.05) is 45.9 Å². The van der Waals surface area contributed by atoms with Crippen LogP contribution in [-0.2, 0) is 11.0 Å². The van der Waals surface area contributed by atoms with E-state index >= 15 is 0 Å². The molecule has 1 aliphatic rings. The fourth-order valence-corrected chi connectivity index (χ4v) is 2.06. The van der Waals surface area contributed by atoms with Crippen LogP contribution in [0.25, 0.3) is 0 Å². The largest absolute Gasteiger partial charge is 0.454 e. The van der Waals surface area contributed by atoms with E-state index in [2.05, 4.69) is 4.40 Å². The molecule has 1 heterocycles. The van der Waals surface area contributed by atoms with Crippen LogP contribution in [0.1, 0.15) is 33.3 Å². The molecule has 1 atom stereocenters. The van der Waals surface area contributed by atoms with Crippen LogP contribution in [0.3, 0.4) is 0 Å². The second-order valence-electron chi connectivity index (χ2n) is 5.11. The summed E-state index contributed by atoms with van der Waals surface area (Å²) >= 11 is 0. The van der Waals surface area contributed by atoms with Crippen molar-refractivity contribution in [2.24, 2.45) is 4.40 Å². The van der Waals surface area contributed by atoms with Crippen molar-refractivity contribution in [1.82, 2.24) is 0 Å². The van der Waals surface area contributed by atoms with Crippen molar-refractivity contribution >= 4 is 16.7 Å². The SMILES string of the molecule is C/C(=N\S(=O)C(C)(C)C)c1ccc2c(c1)OCO2. The third-order valence-corrected chi connectivity index (χ3v) is 4.02. The molecule has 2 rings (SSSR count). The standard InChI is InChI=1S/C13H17NO3S/c1-9(14-18(15)13(2,3)4)10-5-6-11-12(7-10)17-8-16-11/h5-7H,8H2,1-4H3/b14-9+. The predicted molar refractivity (Wildman–Crippen MR) is 72.7 cm³/mol. The lowest BCUT2D eigenvalue weighted by molar-refractivity contribution is 0.174. The minimum Gasteiger partial charge on any atom is -0.454 e. The van der Waals surface area contributed by atoms with Crippen LogP contribution in [0, 0.1) is 0 Å². The van der Waals surface area contributed by atoms with Crippen LogP contribution in [0.5, 0.6) is 11.5 Å². The van der Waals surface area contributed by atoms with E-state index in [1.54, 1.807) is 0 Å². The van der Waals surface area contributed by atoms with Crippen molar-refractivity contribution in [1.29, 1.82) is 0 Å². The normalized spacial score (nSPS) is 16.8. The average molecular weight is 267 g/mol. The van der Waals surface area contributed by atoms with E-state index in [0.717, 1.165) is 17.0 Å². The minimum atomic E-state index is -1.25. The van der Waals surface area contributed by atoms with Gasteiger partial charge in [-0.25, -0.2) is 4.21 Å². The zero-order valence-corrected chi connectivity index (χ0v) is 11.8. The van der Waals surface area contributed by atoms with Gasteiger partial charge in [0, 0.05) is 5.56 Å². The smallest absolute Gasteiger partial charge is 0.231 e. The molecule has 0 fully saturated rings. The molecule has 1 aromatic carbocycles. The fraction of sp³-hybridized carbons (Fsp3) is 0.462. The Morgan fingerprint density at radius 3 is 2.61 bits per heavy atom. The molecular weight excluding hydrogens is 250 g/mol. The number of nitrogens with zero attached hydrogens (tertiary/aromatic N) is 1. The van der Waals surface area contributed by atoms with Gasteiger partial charge in [0.05, 0.1) is 10.5 Å². The molecule has 1 aromatic rings. The summed E-state index contributed by atoms with van der Waals surface area (Å²) in [6.07, 6.45) is 0. The third-order valence-electron chi connectivity index (χ3n) is 2.53. The van der Waals surface area contributed by atoms with E-state index in [1.165, 1.54) is 0 Å². The molecule has 1 unspecified atom stereocenters. The van der Waals surface area contributed by atoms with Gasteiger partial charge >= 0.3 is 0 Å². The van der Waals surface area contributed by atoms with Gasteiger partial charge in [-0.2, -0.15) is 4.40 Å². The molecule has 0 amide bonds. The van der Waals surface area contributed by atoms with Gasteiger partial charge in [-0.3, -0.25) is 0 Å². The number of rotatable bonds is 2. The van der Waals surface area contributed by atoms with Crippen LogP contribution in [0.2, 0.25) is 0 Å². The van der Waals surface area contributed by atoms with Gasteiger partial charge in [-0.05, 0) is 45.9 Å². The molecule has 0 bridgehead atoms. The number of benzene rings is 1. The molecule has 0 radical (unpaired) electrons. The lowest BCUT2D eigenvalue weighted by Gasteiger charge is -2.14. The summed E-state index contributed by atoms with van der Waals surface area (Å²) < 4.78 is 26.4. The quantitative estimate of drug-likeness (QED) is 0.774. The highest BCUT2D eigenvalue weighted by molar-refractivity contribution is 7.85. The summed E-state index contributed by atoms with van der Waals surface area (Å²) in [5.41, 5.74) is 1.64. The van der Waals surface area contributed by atoms with Crippen LogP contribution in [0.4, 0.5) is 0 Å². The molecule has 0 saturated carbocycles. The maximum atomic E-state index is 11.9. The molecule has 18 heavy (non-hydrogen) atoms. The highest BCUT2D eigenvalue weighted by Crippen LogP contribution is 2.32. The first-order valence-corrected chi connectivity index (χ1v) is 6.86. The summed E-state index contributed by atoms with van der Waals surface area (Å²) in [5.74, 6) is 1.45. The van der Waals surface area contributed by atoms with Gasteiger partial charge in [-0.15, -0.1) is 0 Å². The van der Waals surface area contributed by atoms with Crippen molar-refractivity contribution in [3.63, 3.8) is 0 Å². The van der Waals surface area contributed by atoms with Crippen LogP contribution >= 0.6 is 0 Å². The van der Waals surface area contributed by atoms with Crippen LogP contribution in [0.15, 0.2) is 22.6 Å². The molecule has 0 spiro atoms. The Hall–Kier alpha value is -1.36. The number of fused-ring (bicyclic) bond motifs is 1. The van der Waals surface area contributed by atoms with Crippen LogP contribution in [-0.4, -0.2) is 21.5 Å². The van der Waals surface area contributed by atoms with E-state index in [0.29, 0.717) is 5.75 Å². The first-order valence-electron chi connectivity index (χ1n) is 5.75. The molecule has 0 N–H and O–H groups in total. The summed E-state index contributed by atoms with van der Waals surface area (Å²) in [7, 11) is -1.25. The lowest BCUT2D eigenvalue weighted by Crippen LogP contribution is -2.20.